The maximum absolute atomic E-state index is 12.1. The van der Waals surface area contributed by atoms with Crippen LogP contribution < -0.4 is 5.73 Å². The Bertz CT molecular complexity index is 691. The number of hydrogen-bond acceptors (Lipinski definition) is 4. The largest absolute Gasteiger partial charge is 0.456 e. The molecule has 0 unspecified atom stereocenters. The zero-order chi connectivity index (χ0) is 15.8. The van der Waals surface area contributed by atoms with Gasteiger partial charge < -0.3 is 10.5 Å². The summed E-state index contributed by atoms with van der Waals surface area (Å²) < 4.78 is 6.25. The van der Waals surface area contributed by atoms with Crippen LogP contribution in [0.15, 0.2) is 28.7 Å². The van der Waals surface area contributed by atoms with Crippen molar-refractivity contribution in [2.75, 3.05) is 5.73 Å². The predicted molar refractivity (Wildman–Crippen MR) is 92.0 cm³/mol. The second kappa shape index (κ2) is 5.99. The molecule has 0 bridgehead atoms. The third-order valence-corrected chi connectivity index (χ3v) is 4.63. The molecular weight excluding hydrogens is 374 g/mol. The van der Waals surface area contributed by atoms with Crippen molar-refractivity contribution in [2.24, 2.45) is 0 Å². The molecule has 1 aromatic heterocycles. The van der Waals surface area contributed by atoms with E-state index in [0.717, 1.165) is 14.9 Å². The number of hydrogen-bond donors (Lipinski definition) is 1. The van der Waals surface area contributed by atoms with Crippen LogP contribution in [-0.2, 0) is 4.74 Å². The van der Waals surface area contributed by atoms with Crippen LogP contribution in [0.25, 0.3) is 10.4 Å². The van der Waals surface area contributed by atoms with Crippen LogP contribution in [0.1, 0.15) is 30.4 Å². The summed E-state index contributed by atoms with van der Waals surface area (Å²) in [6.07, 6.45) is 0. The van der Waals surface area contributed by atoms with Gasteiger partial charge in [0, 0.05) is 19.9 Å². The number of ether oxygens (including phenoxy) is 1. The van der Waals surface area contributed by atoms with Crippen molar-refractivity contribution in [1.82, 2.24) is 0 Å². The Labute approximate surface area is 141 Å². The highest BCUT2D eigenvalue weighted by Crippen LogP contribution is 2.38. The van der Waals surface area contributed by atoms with E-state index in [1.165, 1.54) is 11.3 Å². The first kappa shape index (κ1) is 16.3. The quantitative estimate of drug-likeness (QED) is 0.704. The maximum atomic E-state index is 12.1. The van der Waals surface area contributed by atoms with Crippen molar-refractivity contribution in [3.05, 3.63) is 38.6 Å². The molecule has 2 N–H and O–H groups in total. The Morgan fingerprint density at radius 1 is 1.33 bits per heavy atom. The van der Waals surface area contributed by atoms with Crippen molar-refractivity contribution in [2.45, 2.75) is 26.4 Å². The van der Waals surface area contributed by atoms with E-state index in [1.807, 2.05) is 32.9 Å². The molecule has 3 nitrogen and oxygen atoms in total. The molecule has 0 amide bonds. The number of halogens is 2. The molecule has 112 valence electrons. The molecule has 1 aromatic carbocycles. The third-order valence-electron chi connectivity index (χ3n) is 2.54. The molecule has 0 spiro atoms. The summed E-state index contributed by atoms with van der Waals surface area (Å²) >= 11 is 10.8. The number of benzene rings is 1. The number of thiophene rings is 1. The van der Waals surface area contributed by atoms with Gasteiger partial charge in [-0.05, 0) is 45.0 Å². The van der Waals surface area contributed by atoms with Gasteiger partial charge in [-0.3, -0.25) is 0 Å². The molecule has 6 heteroatoms. The van der Waals surface area contributed by atoms with E-state index in [1.54, 1.807) is 12.1 Å². The summed E-state index contributed by atoms with van der Waals surface area (Å²) in [5.41, 5.74) is 6.71. The van der Waals surface area contributed by atoms with Crippen molar-refractivity contribution in [3.63, 3.8) is 0 Å². The second-order valence-electron chi connectivity index (χ2n) is 5.52. The third kappa shape index (κ3) is 3.99. The van der Waals surface area contributed by atoms with E-state index in [0.29, 0.717) is 15.6 Å². The van der Waals surface area contributed by atoms with Crippen LogP contribution in [0.2, 0.25) is 5.02 Å². The van der Waals surface area contributed by atoms with Gasteiger partial charge in [-0.25, -0.2) is 4.79 Å². The Balaban J connectivity index is 2.39. The first-order valence-corrected chi connectivity index (χ1v) is 8.24. The molecule has 0 aliphatic carbocycles. The molecule has 0 saturated carbocycles. The Hall–Kier alpha value is -1.04. The topological polar surface area (TPSA) is 52.3 Å². The lowest BCUT2D eigenvalue weighted by Gasteiger charge is -2.18. The summed E-state index contributed by atoms with van der Waals surface area (Å²) in [6, 6.07) is 7.25. The molecule has 0 fully saturated rings. The zero-order valence-corrected chi connectivity index (χ0v) is 15.0. The van der Waals surface area contributed by atoms with E-state index in [9.17, 15) is 4.79 Å². The molecule has 21 heavy (non-hydrogen) atoms. The Morgan fingerprint density at radius 2 is 2.00 bits per heavy atom. The summed E-state index contributed by atoms with van der Waals surface area (Å²) in [5.74, 6) is -0.408. The number of nitrogens with two attached hydrogens (primary N) is 1. The highest BCUT2D eigenvalue weighted by atomic mass is 79.9. The fraction of sp³-hybridized carbons (Fsp3) is 0.267. The van der Waals surface area contributed by atoms with E-state index in [-0.39, 0.29) is 0 Å². The lowest BCUT2D eigenvalue weighted by Crippen LogP contribution is -2.23. The highest BCUT2D eigenvalue weighted by molar-refractivity contribution is 9.10. The summed E-state index contributed by atoms with van der Waals surface area (Å²) in [4.78, 5) is 13.4. The molecule has 0 radical (unpaired) electrons. The summed E-state index contributed by atoms with van der Waals surface area (Å²) in [6.45, 7) is 5.47. The number of anilines is 1. The minimum absolute atomic E-state index is 0.408. The van der Waals surface area contributed by atoms with Crippen molar-refractivity contribution >= 4 is 50.5 Å². The molecule has 2 rings (SSSR count). The predicted octanol–water partition coefficient (Wildman–Crippen LogP) is 5.37. The first-order valence-electron chi connectivity index (χ1n) is 6.25. The second-order valence-corrected chi connectivity index (χ2v) is 7.86. The number of esters is 1. The van der Waals surface area contributed by atoms with Crippen LogP contribution in [0.3, 0.4) is 0 Å². The minimum Gasteiger partial charge on any atom is -0.456 e. The fourth-order valence-electron chi connectivity index (χ4n) is 1.71. The Morgan fingerprint density at radius 3 is 2.62 bits per heavy atom. The van der Waals surface area contributed by atoms with Crippen molar-refractivity contribution in [1.29, 1.82) is 0 Å². The fourth-order valence-corrected chi connectivity index (χ4v) is 3.46. The molecule has 0 saturated heterocycles. The summed E-state index contributed by atoms with van der Waals surface area (Å²) in [7, 11) is 0. The molecule has 1 heterocycles. The van der Waals surface area contributed by atoms with Crippen LogP contribution in [0, 0.1) is 0 Å². The van der Waals surface area contributed by atoms with Gasteiger partial charge in [-0.15, -0.1) is 11.3 Å². The van der Waals surface area contributed by atoms with Crippen LogP contribution >= 0.6 is 38.9 Å². The zero-order valence-electron chi connectivity index (χ0n) is 11.9. The van der Waals surface area contributed by atoms with E-state index in [4.69, 9.17) is 22.1 Å². The summed E-state index contributed by atoms with van der Waals surface area (Å²) in [5, 5.41) is 0.624. The lowest BCUT2D eigenvalue weighted by molar-refractivity contribution is 0.00764. The van der Waals surface area contributed by atoms with Gasteiger partial charge in [-0.2, -0.15) is 0 Å². The van der Waals surface area contributed by atoms with Gasteiger partial charge in [0.15, 0.2) is 0 Å². The average Bonchev–Trinajstić information content (AvgIpc) is 2.72. The van der Waals surface area contributed by atoms with Gasteiger partial charge in [0.05, 0.1) is 5.69 Å². The molecule has 0 aliphatic rings. The van der Waals surface area contributed by atoms with Gasteiger partial charge in [0.1, 0.15) is 10.5 Å². The molecule has 0 atom stereocenters. The van der Waals surface area contributed by atoms with Gasteiger partial charge in [-0.1, -0.05) is 27.5 Å². The number of carbonyl (C=O) groups excluding carboxylic acids is 1. The lowest BCUT2D eigenvalue weighted by atomic mass is 10.2. The average molecular weight is 389 g/mol. The maximum Gasteiger partial charge on any atom is 0.350 e. The normalized spacial score (nSPS) is 11.5. The molecule has 2 aromatic rings. The standard InChI is InChI=1S/C15H15BrClNO2S/c1-15(2,3)20-14(19)13-11(18)7-12(21-13)9-6-8(17)4-5-10(9)16/h4-7H,18H2,1-3H3. The monoisotopic (exact) mass is 387 g/mol. The molecule has 0 aliphatic heterocycles. The number of nitrogen functional groups attached to an aromatic ring is 1. The van der Waals surface area contributed by atoms with Crippen molar-refractivity contribution < 1.29 is 9.53 Å². The van der Waals surface area contributed by atoms with Crippen molar-refractivity contribution in [3.8, 4) is 10.4 Å². The van der Waals surface area contributed by atoms with Gasteiger partial charge >= 0.3 is 5.97 Å². The Kier molecular flexibility index (Phi) is 4.66. The smallest absolute Gasteiger partial charge is 0.350 e. The van der Waals surface area contributed by atoms with E-state index < -0.39 is 11.6 Å². The first-order chi connectivity index (χ1) is 9.67. The highest BCUT2D eigenvalue weighted by Gasteiger charge is 2.22. The van der Waals surface area contributed by atoms with Crippen LogP contribution in [0.5, 0.6) is 0 Å². The van der Waals surface area contributed by atoms with Crippen LogP contribution in [-0.4, -0.2) is 11.6 Å². The van der Waals surface area contributed by atoms with E-state index in [2.05, 4.69) is 15.9 Å². The van der Waals surface area contributed by atoms with Crippen LogP contribution in [0.4, 0.5) is 5.69 Å². The molecular formula is C15H15BrClNO2S. The van der Waals surface area contributed by atoms with E-state index >= 15 is 0 Å². The van der Waals surface area contributed by atoms with Gasteiger partial charge in [0.2, 0.25) is 0 Å². The minimum atomic E-state index is -0.551. The number of rotatable bonds is 2. The number of carbonyl (C=O) groups is 1. The van der Waals surface area contributed by atoms with Gasteiger partial charge in [0.25, 0.3) is 0 Å². The SMILES string of the molecule is CC(C)(C)OC(=O)c1sc(-c2cc(Cl)ccc2Br)cc1N.